The molecule has 0 bridgehead atoms. The van der Waals surface area contributed by atoms with Crippen LogP contribution in [0.4, 0.5) is 5.69 Å². The van der Waals surface area contributed by atoms with Crippen molar-refractivity contribution < 1.29 is 28.5 Å². The molecular formula is C26H21NO7. The first-order valence-electron chi connectivity index (χ1n) is 10.5. The minimum atomic E-state index is -1.07. The molecule has 0 fully saturated rings. The second-order valence-corrected chi connectivity index (χ2v) is 7.79. The molecule has 1 aliphatic rings. The molecule has 0 saturated carbocycles. The second kappa shape index (κ2) is 8.47. The number of aromatic hydroxyl groups is 1. The van der Waals surface area contributed by atoms with Gasteiger partial charge in [0.25, 0.3) is 5.91 Å². The van der Waals surface area contributed by atoms with Crippen molar-refractivity contribution in [3.63, 3.8) is 0 Å². The van der Waals surface area contributed by atoms with Gasteiger partial charge in [0.2, 0.25) is 0 Å². The van der Waals surface area contributed by atoms with Gasteiger partial charge in [-0.3, -0.25) is 4.79 Å². The number of carbonyl (C=O) groups excluding carboxylic acids is 1. The van der Waals surface area contributed by atoms with Gasteiger partial charge < -0.3 is 29.1 Å². The Bertz CT molecular complexity index is 1440. The SMILES string of the molecule is COc1ccc(NC(=O)[C@H]2Oc3c(c(=O)oc4ccccc34)[C@@H]2c2ccc(O)c(OC)c2)cc1. The molecule has 1 amide bonds. The number of benzene rings is 3. The summed E-state index contributed by atoms with van der Waals surface area (Å²) in [5, 5.41) is 13.5. The van der Waals surface area contributed by atoms with E-state index in [1.807, 2.05) is 0 Å². The van der Waals surface area contributed by atoms with E-state index in [4.69, 9.17) is 18.6 Å². The Morgan fingerprint density at radius 1 is 1.00 bits per heavy atom. The van der Waals surface area contributed by atoms with Crippen LogP contribution in [0.25, 0.3) is 11.0 Å². The molecule has 4 aromatic rings. The normalized spacial score (nSPS) is 16.5. The third-order valence-electron chi connectivity index (χ3n) is 5.84. The number of ether oxygens (including phenoxy) is 3. The van der Waals surface area contributed by atoms with Crippen molar-refractivity contribution in [3.05, 3.63) is 88.3 Å². The van der Waals surface area contributed by atoms with E-state index in [1.54, 1.807) is 67.8 Å². The Balaban J connectivity index is 1.62. The highest BCUT2D eigenvalue weighted by Gasteiger charge is 2.44. The van der Waals surface area contributed by atoms with E-state index in [9.17, 15) is 14.7 Å². The monoisotopic (exact) mass is 459 g/mol. The lowest BCUT2D eigenvalue weighted by atomic mass is 9.88. The molecule has 8 nitrogen and oxygen atoms in total. The van der Waals surface area contributed by atoms with Crippen LogP contribution in [-0.4, -0.2) is 31.3 Å². The zero-order chi connectivity index (χ0) is 23.8. The molecular weight excluding hydrogens is 438 g/mol. The molecule has 0 aliphatic carbocycles. The lowest BCUT2D eigenvalue weighted by Crippen LogP contribution is -2.35. The maximum atomic E-state index is 13.4. The van der Waals surface area contributed by atoms with Crippen LogP contribution in [0.2, 0.25) is 0 Å². The molecule has 3 aromatic carbocycles. The number of carbonyl (C=O) groups is 1. The summed E-state index contributed by atoms with van der Waals surface area (Å²) in [6.45, 7) is 0. The Labute approximate surface area is 194 Å². The van der Waals surface area contributed by atoms with Crippen molar-refractivity contribution in [1.29, 1.82) is 0 Å². The van der Waals surface area contributed by atoms with Gasteiger partial charge in [-0.1, -0.05) is 18.2 Å². The van der Waals surface area contributed by atoms with Gasteiger partial charge in [-0.25, -0.2) is 4.79 Å². The fraction of sp³-hybridized carbons (Fsp3) is 0.154. The molecule has 1 aromatic heterocycles. The lowest BCUT2D eigenvalue weighted by Gasteiger charge is -2.19. The first-order valence-corrected chi connectivity index (χ1v) is 10.5. The van der Waals surface area contributed by atoms with E-state index >= 15 is 0 Å². The average Bonchev–Trinajstić information content (AvgIpc) is 3.27. The van der Waals surface area contributed by atoms with E-state index in [0.717, 1.165) is 0 Å². The maximum Gasteiger partial charge on any atom is 0.344 e. The van der Waals surface area contributed by atoms with Crippen LogP contribution < -0.4 is 25.2 Å². The van der Waals surface area contributed by atoms with Crippen LogP contribution in [-0.2, 0) is 4.79 Å². The zero-order valence-electron chi connectivity index (χ0n) is 18.4. The summed E-state index contributed by atoms with van der Waals surface area (Å²) >= 11 is 0. The first-order chi connectivity index (χ1) is 16.5. The number of anilines is 1. The second-order valence-electron chi connectivity index (χ2n) is 7.79. The minimum Gasteiger partial charge on any atom is -0.504 e. The van der Waals surface area contributed by atoms with E-state index < -0.39 is 23.6 Å². The van der Waals surface area contributed by atoms with E-state index in [0.29, 0.717) is 33.7 Å². The number of rotatable bonds is 5. The number of fused-ring (bicyclic) bond motifs is 3. The highest BCUT2D eigenvalue weighted by atomic mass is 16.5. The van der Waals surface area contributed by atoms with Gasteiger partial charge in [0.15, 0.2) is 17.6 Å². The number of phenolic OH excluding ortho intramolecular Hbond substituents is 1. The Hall–Kier alpha value is -4.46. The van der Waals surface area contributed by atoms with Crippen molar-refractivity contribution in [3.8, 4) is 23.0 Å². The molecule has 5 rings (SSSR count). The van der Waals surface area contributed by atoms with Crippen molar-refractivity contribution in [2.75, 3.05) is 19.5 Å². The standard InChI is InChI=1S/C26H21NO7/c1-31-16-10-8-15(9-11-16)27-25(29)24-21(14-7-12-18(28)20(13-14)32-2)22-23(34-24)17-5-3-4-6-19(17)33-26(22)30/h3-13,21,24,28H,1-2H3,(H,27,29)/t21-,24-/m0/s1. The third-order valence-corrected chi connectivity index (χ3v) is 5.84. The minimum absolute atomic E-state index is 0.0600. The van der Waals surface area contributed by atoms with Crippen molar-refractivity contribution in [1.82, 2.24) is 0 Å². The number of hydrogen-bond acceptors (Lipinski definition) is 7. The number of amides is 1. The average molecular weight is 459 g/mol. The van der Waals surface area contributed by atoms with Crippen LogP contribution in [0.15, 0.2) is 75.9 Å². The summed E-state index contributed by atoms with van der Waals surface area (Å²) < 4.78 is 22.1. The predicted octanol–water partition coefficient (Wildman–Crippen LogP) is 4.05. The van der Waals surface area contributed by atoms with Crippen LogP contribution >= 0.6 is 0 Å². The summed E-state index contributed by atoms with van der Waals surface area (Å²) in [6, 6.07) is 18.5. The molecule has 2 heterocycles. The van der Waals surface area contributed by atoms with Crippen molar-refractivity contribution >= 4 is 22.6 Å². The Kier molecular flexibility index (Phi) is 5.33. The van der Waals surface area contributed by atoms with Gasteiger partial charge in [-0.15, -0.1) is 0 Å². The molecule has 172 valence electrons. The molecule has 0 unspecified atom stereocenters. The van der Waals surface area contributed by atoms with Gasteiger partial charge in [-0.05, 0) is 54.1 Å². The summed E-state index contributed by atoms with van der Waals surface area (Å²) in [7, 11) is 2.98. The highest BCUT2D eigenvalue weighted by molar-refractivity contribution is 5.97. The fourth-order valence-corrected chi connectivity index (χ4v) is 4.20. The van der Waals surface area contributed by atoms with Gasteiger partial charge in [0, 0.05) is 5.69 Å². The lowest BCUT2D eigenvalue weighted by molar-refractivity contribution is -0.122. The highest BCUT2D eigenvalue weighted by Crippen LogP contribution is 2.45. The molecule has 8 heteroatoms. The van der Waals surface area contributed by atoms with Crippen LogP contribution in [0.5, 0.6) is 23.0 Å². The number of hydrogen-bond donors (Lipinski definition) is 2. The molecule has 2 atom stereocenters. The molecule has 0 saturated heterocycles. The Morgan fingerprint density at radius 2 is 1.76 bits per heavy atom. The van der Waals surface area contributed by atoms with Crippen LogP contribution in [0, 0.1) is 0 Å². The summed E-state index contributed by atoms with van der Waals surface area (Å²) in [5.74, 6) is -0.120. The largest absolute Gasteiger partial charge is 0.504 e. The van der Waals surface area contributed by atoms with Crippen molar-refractivity contribution in [2.45, 2.75) is 12.0 Å². The summed E-state index contributed by atoms with van der Waals surface area (Å²) in [4.78, 5) is 26.5. The smallest absolute Gasteiger partial charge is 0.344 e. The zero-order valence-corrected chi connectivity index (χ0v) is 18.4. The molecule has 0 spiro atoms. The number of para-hydroxylation sites is 1. The quantitative estimate of drug-likeness (QED) is 0.434. The van der Waals surface area contributed by atoms with E-state index in [-0.39, 0.29) is 17.1 Å². The molecule has 1 aliphatic heterocycles. The maximum absolute atomic E-state index is 13.4. The van der Waals surface area contributed by atoms with Gasteiger partial charge >= 0.3 is 5.63 Å². The molecule has 34 heavy (non-hydrogen) atoms. The fourth-order valence-electron chi connectivity index (χ4n) is 4.20. The summed E-state index contributed by atoms with van der Waals surface area (Å²) in [6.07, 6.45) is -1.07. The first kappa shape index (κ1) is 21.4. The Morgan fingerprint density at radius 3 is 2.50 bits per heavy atom. The van der Waals surface area contributed by atoms with Gasteiger partial charge in [0.05, 0.1) is 31.1 Å². The van der Waals surface area contributed by atoms with Crippen LogP contribution in [0.1, 0.15) is 17.0 Å². The summed E-state index contributed by atoms with van der Waals surface area (Å²) in [5.41, 5.74) is 1.12. The van der Waals surface area contributed by atoms with Gasteiger partial charge in [-0.2, -0.15) is 0 Å². The van der Waals surface area contributed by atoms with Crippen LogP contribution in [0.3, 0.4) is 0 Å². The number of phenols is 1. The number of methoxy groups -OCH3 is 2. The number of nitrogens with one attached hydrogen (secondary N) is 1. The third kappa shape index (κ3) is 3.59. The van der Waals surface area contributed by atoms with Crippen molar-refractivity contribution in [2.24, 2.45) is 0 Å². The van der Waals surface area contributed by atoms with Gasteiger partial charge in [0.1, 0.15) is 17.1 Å². The predicted molar refractivity (Wildman–Crippen MR) is 125 cm³/mol. The molecule has 2 N–H and O–H groups in total. The van der Waals surface area contributed by atoms with E-state index in [1.165, 1.54) is 13.2 Å². The van der Waals surface area contributed by atoms with E-state index in [2.05, 4.69) is 5.32 Å². The topological polar surface area (TPSA) is 107 Å². The molecule has 0 radical (unpaired) electrons.